The molecule has 9 nitrogen and oxygen atoms in total. The van der Waals surface area contributed by atoms with Crippen LogP contribution in [-0.4, -0.2) is 43.4 Å². The van der Waals surface area contributed by atoms with Gasteiger partial charge in [0.25, 0.3) is 0 Å². The molecule has 0 saturated heterocycles. The quantitative estimate of drug-likeness (QED) is 0.375. The Bertz CT molecular complexity index is 1250. The number of amides is 2. The maximum Gasteiger partial charge on any atom is 0.416 e. The zero-order valence-electron chi connectivity index (χ0n) is 18.3. The largest absolute Gasteiger partial charge is 0.478 e. The molecule has 184 valence electrons. The van der Waals surface area contributed by atoms with Crippen LogP contribution in [0.4, 0.5) is 24.5 Å². The van der Waals surface area contributed by atoms with Crippen LogP contribution in [0.2, 0.25) is 0 Å². The molecule has 0 bridgehead atoms. The Balaban J connectivity index is 1.60. The molecule has 0 aliphatic rings. The number of halogens is 3. The van der Waals surface area contributed by atoms with Crippen molar-refractivity contribution in [1.29, 1.82) is 0 Å². The minimum Gasteiger partial charge on any atom is -0.478 e. The van der Waals surface area contributed by atoms with Crippen molar-refractivity contribution in [3.05, 3.63) is 65.5 Å². The van der Waals surface area contributed by atoms with Crippen LogP contribution in [-0.2, 0) is 28.7 Å². The Labute approximate surface area is 201 Å². The third kappa shape index (κ3) is 7.06. The first-order chi connectivity index (χ1) is 16.6. The van der Waals surface area contributed by atoms with Gasteiger partial charge in [0.05, 0.1) is 23.3 Å². The van der Waals surface area contributed by atoms with Gasteiger partial charge in [-0.1, -0.05) is 23.9 Å². The summed E-state index contributed by atoms with van der Waals surface area (Å²) in [4.78, 5) is 35.7. The fraction of sp³-hybridized carbons (Fsp3) is 0.227. The van der Waals surface area contributed by atoms with E-state index in [0.717, 1.165) is 23.9 Å². The monoisotopic (exact) mass is 507 g/mol. The molecular formula is C22H20F3N5O4S. The molecule has 0 unspecified atom stereocenters. The third-order valence-corrected chi connectivity index (χ3v) is 5.59. The number of nitrogens with zero attached hydrogens (tertiary/aromatic N) is 3. The predicted octanol–water partition coefficient (Wildman–Crippen LogP) is 3.93. The number of aromatic carboxylic acids is 1. The Kier molecular flexibility index (Phi) is 8.12. The molecule has 0 fully saturated rings. The number of carbonyl (C=O) groups is 3. The zero-order valence-corrected chi connectivity index (χ0v) is 19.1. The molecule has 0 atom stereocenters. The fourth-order valence-electron chi connectivity index (χ4n) is 3.05. The van der Waals surface area contributed by atoms with Gasteiger partial charge in [0.2, 0.25) is 11.8 Å². The molecule has 2 amide bonds. The van der Waals surface area contributed by atoms with E-state index in [0.29, 0.717) is 17.4 Å². The number of hydrogen-bond donors (Lipinski definition) is 3. The number of carbonyl (C=O) groups excluding carboxylic acids is 2. The molecule has 35 heavy (non-hydrogen) atoms. The number of carboxylic acids is 1. The van der Waals surface area contributed by atoms with Gasteiger partial charge in [0, 0.05) is 17.9 Å². The molecule has 3 aromatic rings. The lowest BCUT2D eigenvalue weighted by Crippen LogP contribution is -2.18. The number of nitrogens with one attached hydrogen (secondary N) is 2. The van der Waals surface area contributed by atoms with Crippen LogP contribution >= 0.6 is 11.8 Å². The second kappa shape index (κ2) is 11.0. The molecule has 0 saturated carbocycles. The highest BCUT2D eigenvalue weighted by Gasteiger charge is 2.30. The fourth-order valence-corrected chi connectivity index (χ4v) is 3.87. The highest BCUT2D eigenvalue weighted by molar-refractivity contribution is 7.99. The average Bonchev–Trinajstić information content (AvgIpc) is 3.18. The van der Waals surface area contributed by atoms with E-state index in [2.05, 4.69) is 20.8 Å². The van der Waals surface area contributed by atoms with Crippen LogP contribution in [0.3, 0.4) is 0 Å². The second-order valence-electron chi connectivity index (χ2n) is 7.17. The lowest BCUT2D eigenvalue weighted by atomic mass is 10.2. The Morgan fingerprint density at radius 1 is 1.00 bits per heavy atom. The molecule has 0 spiro atoms. The summed E-state index contributed by atoms with van der Waals surface area (Å²) in [6, 6.07) is 10.1. The van der Waals surface area contributed by atoms with Crippen LogP contribution in [0.15, 0.2) is 53.7 Å². The van der Waals surface area contributed by atoms with Crippen LogP contribution in [0.25, 0.3) is 0 Å². The molecular weight excluding hydrogens is 487 g/mol. The maximum absolute atomic E-state index is 12.9. The number of rotatable bonds is 9. The number of hydrogen-bond acceptors (Lipinski definition) is 6. The highest BCUT2D eigenvalue weighted by Crippen LogP contribution is 2.30. The minimum atomic E-state index is -4.53. The molecule has 0 radical (unpaired) electrons. The Morgan fingerprint density at radius 2 is 1.66 bits per heavy atom. The van der Waals surface area contributed by atoms with Gasteiger partial charge in [-0.25, -0.2) is 4.79 Å². The molecule has 3 N–H and O–H groups in total. The number of carboxylic acid groups (broad SMARTS) is 1. The van der Waals surface area contributed by atoms with Crippen molar-refractivity contribution in [3.8, 4) is 0 Å². The smallest absolute Gasteiger partial charge is 0.416 e. The molecule has 1 heterocycles. The van der Waals surface area contributed by atoms with Crippen LogP contribution in [0.5, 0.6) is 0 Å². The molecule has 1 aromatic heterocycles. The van der Waals surface area contributed by atoms with Crippen LogP contribution < -0.4 is 10.6 Å². The first kappa shape index (κ1) is 25.7. The Hall–Kier alpha value is -3.87. The summed E-state index contributed by atoms with van der Waals surface area (Å²) in [7, 11) is 0. The molecule has 2 aromatic carbocycles. The van der Waals surface area contributed by atoms with Gasteiger partial charge >= 0.3 is 12.1 Å². The van der Waals surface area contributed by atoms with E-state index in [4.69, 9.17) is 5.11 Å². The molecule has 13 heteroatoms. The van der Waals surface area contributed by atoms with Gasteiger partial charge in [-0.15, -0.1) is 10.2 Å². The van der Waals surface area contributed by atoms with E-state index in [-0.39, 0.29) is 29.2 Å². The van der Waals surface area contributed by atoms with Crippen molar-refractivity contribution >= 4 is 40.9 Å². The Morgan fingerprint density at radius 3 is 2.31 bits per heavy atom. The standard InChI is InChI=1S/C22H20F3N5O4S/c1-2-30-17(11-18(31)26-16-8-4-6-14(10-16)22(23,24)25)28-29-21(30)35-12-19(32)27-15-7-3-5-13(9-15)20(33)34/h3-10H,2,11-12H2,1H3,(H,26,31)(H,27,32)(H,33,34). The summed E-state index contributed by atoms with van der Waals surface area (Å²) in [6.07, 6.45) is -4.76. The number of aromatic nitrogens is 3. The number of benzene rings is 2. The van der Waals surface area contributed by atoms with Crippen molar-refractivity contribution in [2.45, 2.75) is 31.2 Å². The summed E-state index contributed by atoms with van der Waals surface area (Å²) >= 11 is 1.07. The summed E-state index contributed by atoms with van der Waals surface area (Å²) in [5.74, 6) is -1.84. The van der Waals surface area contributed by atoms with E-state index in [1.807, 2.05) is 0 Å². The second-order valence-corrected chi connectivity index (χ2v) is 8.11. The molecule has 0 aliphatic carbocycles. The zero-order chi connectivity index (χ0) is 25.6. The van der Waals surface area contributed by atoms with Crippen molar-refractivity contribution in [2.75, 3.05) is 16.4 Å². The number of thioether (sulfide) groups is 1. The normalized spacial score (nSPS) is 11.2. The van der Waals surface area contributed by atoms with Crippen LogP contribution in [0, 0.1) is 0 Å². The van der Waals surface area contributed by atoms with Crippen molar-refractivity contribution < 1.29 is 32.7 Å². The summed E-state index contributed by atoms with van der Waals surface area (Å²) < 4.78 is 40.2. The number of anilines is 2. The van der Waals surface area contributed by atoms with Crippen LogP contribution in [0.1, 0.15) is 28.7 Å². The van der Waals surface area contributed by atoms with Crippen molar-refractivity contribution in [1.82, 2.24) is 14.8 Å². The lowest BCUT2D eigenvalue weighted by Gasteiger charge is -2.10. The van der Waals surface area contributed by atoms with E-state index >= 15 is 0 Å². The van der Waals surface area contributed by atoms with Gasteiger partial charge in [-0.2, -0.15) is 13.2 Å². The summed E-state index contributed by atoms with van der Waals surface area (Å²) in [6.45, 7) is 2.18. The predicted molar refractivity (Wildman–Crippen MR) is 122 cm³/mol. The van der Waals surface area contributed by atoms with E-state index in [1.165, 1.54) is 30.3 Å². The first-order valence-electron chi connectivity index (χ1n) is 10.2. The third-order valence-electron chi connectivity index (χ3n) is 4.63. The van der Waals surface area contributed by atoms with Gasteiger partial charge < -0.3 is 20.3 Å². The first-order valence-corrected chi connectivity index (χ1v) is 11.2. The topological polar surface area (TPSA) is 126 Å². The van der Waals surface area contributed by atoms with Crippen molar-refractivity contribution in [3.63, 3.8) is 0 Å². The lowest BCUT2D eigenvalue weighted by molar-refractivity contribution is -0.137. The maximum atomic E-state index is 12.9. The van der Waals surface area contributed by atoms with E-state index in [1.54, 1.807) is 17.6 Å². The SMILES string of the molecule is CCn1c(CC(=O)Nc2cccc(C(F)(F)F)c2)nnc1SCC(=O)Nc1cccc(C(=O)O)c1. The highest BCUT2D eigenvalue weighted by atomic mass is 32.2. The number of alkyl halides is 3. The van der Waals surface area contributed by atoms with Gasteiger partial charge in [0.15, 0.2) is 5.16 Å². The summed E-state index contributed by atoms with van der Waals surface area (Å²) in [5, 5.41) is 22.4. The van der Waals surface area contributed by atoms with Crippen molar-refractivity contribution in [2.24, 2.45) is 0 Å². The van der Waals surface area contributed by atoms with E-state index in [9.17, 15) is 27.6 Å². The van der Waals surface area contributed by atoms with Gasteiger partial charge in [-0.3, -0.25) is 9.59 Å². The summed E-state index contributed by atoms with van der Waals surface area (Å²) in [5.41, 5.74) is -0.502. The molecule has 3 rings (SSSR count). The van der Waals surface area contributed by atoms with Gasteiger partial charge in [0.1, 0.15) is 5.82 Å². The molecule has 0 aliphatic heterocycles. The van der Waals surface area contributed by atoms with E-state index < -0.39 is 29.5 Å². The van der Waals surface area contributed by atoms with Gasteiger partial charge in [-0.05, 0) is 43.3 Å². The average molecular weight is 507 g/mol. The minimum absolute atomic E-state index is 0.00521.